The summed E-state index contributed by atoms with van der Waals surface area (Å²) in [6, 6.07) is 2.01. The molecule has 0 unspecified atom stereocenters. The van der Waals surface area contributed by atoms with E-state index in [0.29, 0.717) is 0 Å². The van der Waals surface area contributed by atoms with Crippen LogP contribution in [0.4, 0.5) is 11.6 Å². The van der Waals surface area contributed by atoms with Crippen molar-refractivity contribution >= 4 is 23.4 Å². The fourth-order valence-electron chi connectivity index (χ4n) is 2.29. The Morgan fingerprint density at radius 3 is 2.50 bits per heavy atom. The zero-order valence-corrected chi connectivity index (χ0v) is 12.2. The number of hydrogen-bond donors (Lipinski definition) is 2. The average Bonchev–Trinajstić information content (AvgIpc) is 2.34. The first-order valence-electron chi connectivity index (χ1n) is 6.66. The highest BCUT2D eigenvalue weighted by Gasteiger charge is 2.35. The summed E-state index contributed by atoms with van der Waals surface area (Å²) in [6.07, 6.45) is 6.98. The molecule has 1 heterocycles. The molecule has 0 bridgehead atoms. The lowest BCUT2D eigenvalue weighted by Crippen LogP contribution is -2.44. The van der Waals surface area contributed by atoms with Crippen LogP contribution in [0.25, 0.3) is 0 Å². The van der Waals surface area contributed by atoms with Crippen molar-refractivity contribution in [2.45, 2.75) is 50.2 Å². The molecule has 0 aromatic carbocycles. The van der Waals surface area contributed by atoms with Gasteiger partial charge in [-0.25, -0.2) is 9.97 Å². The second-order valence-corrected chi connectivity index (χ2v) is 5.54. The normalized spacial score (nSPS) is 17.1. The van der Waals surface area contributed by atoms with Crippen molar-refractivity contribution in [1.29, 1.82) is 0 Å². The molecule has 1 aromatic heterocycles. The molecule has 0 radical (unpaired) electrons. The molecule has 100 valence electrons. The summed E-state index contributed by atoms with van der Waals surface area (Å²) in [5.74, 6) is 1.86. The smallest absolute Gasteiger partial charge is 0.191 e. The van der Waals surface area contributed by atoms with E-state index < -0.39 is 0 Å². The van der Waals surface area contributed by atoms with Gasteiger partial charge in [-0.2, -0.15) is 0 Å². The second kappa shape index (κ2) is 5.78. The SMILES string of the molecule is CCNc1cc(NC2(CC)CCC2)nc(SC)n1. The molecule has 0 atom stereocenters. The summed E-state index contributed by atoms with van der Waals surface area (Å²) >= 11 is 1.58. The van der Waals surface area contributed by atoms with E-state index in [1.165, 1.54) is 19.3 Å². The Labute approximate surface area is 113 Å². The molecule has 5 heteroatoms. The van der Waals surface area contributed by atoms with Gasteiger partial charge in [0.15, 0.2) is 5.16 Å². The molecule has 1 aliphatic carbocycles. The van der Waals surface area contributed by atoms with Crippen molar-refractivity contribution < 1.29 is 0 Å². The largest absolute Gasteiger partial charge is 0.370 e. The molecule has 2 rings (SSSR count). The highest BCUT2D eigenvalue weighted by atomic mass is 32.2. The number of anilines is 2. The molecule has 4 nitrogen and oxygen atoms in total. The van der Waals surface area contributed by atoms with E-state index in [9.17, 15) is 0 Å². The average molecular weight is 266 g/mol. The first kappa shape index (κ1) is 13.5. The number of rotatable bonds is 6. The molecular weight excluding hydrogens is 244 g/mol. The Hall–Kier alpha value is -0.970. The summed E-state index contributed by atoms with van der Waals surface area (Å²) < 4.78 is 0. The molecule has 1 fully saturated rings. The Balaban J connectivity index is 2.18. The fraction of sp³-hybridized carbons (Fsp3) is 0.692. The lowest BCUT2D eigenvalue weighted by atomic mass is 9.75. The van der Waals surface area contributed by atoms with Crippen molar-refractivity contribution in [1.82, 2.24) is 9.97 Å². The number of nitrogens with zero attached hydrogens (tertiary/aromatic N) is 2. The van der Waals surface area contributed by atoms with Crippen LogP contribution in [0.2, 0.25) is 0 Å². The van der Waals surface area contributed by atoms with Crippen LogP contribution in [-0.4, -0.2) is 28.3 Å². The predicted molar refractivity (Wildman–Crippen MR) is 78.5 cm³/mol. The van der Waals surface area contributed by atoms with Gasteiger partial charge in [0.1, 0.15) is 11.6 Å². The van der Waals surface area contributed by atoms with Crippen LogP contribution in [0, 0.1) is 0 Å². The van der Waals surface area contributed by atoms with Crippen LogP contribution < -0.4 is 10.6 Å². The summed E-state index contributed by atoms with van der Waals surface area (Å²) in [4.78, 5) is 8.99. The number of nitrogens with one attached hydrogen (secondary N) is 2. The third kappa shape index (κ3) is 2.88. The van der Waals surface area contributed by atoms with E-state index in [-0.39, 0.29) is 5.54 Å². The zero-order chi connectivity index (χ0) is 13.0. The quantitative estimate of drug-likeness (QED) is 0.610. The van der Waals surface area contributed by atoms with E-state index >= 15 is 0 Å². The number of thioether (sulfide) groups is 1. The van der Waals surface area contributed by atoms with Gasteiger partial charge in [0.2, 0.25) is 0 Å². The summed E-state index contributed by atoms with van der Waals surface area (Å²) in [7, 11) is 0. The van der Waals surface area contributed by atoms with Gasteiger partial charge >= 0.3 is 0 Å². The van der Waals surface area contributed by atoms with Gasteiger partial charge in [-0.15, -0.1) is 0 Å². The molecular formula is C13H22N4S. The Kier molecular flexibility index (Phi) is 4.32. The van der Waals surface area contributed by atoms with Crippen molar-refractivity contribution in [3.05, 3.63) is 6.07 Å². The van der Waals surface area contributed by atoms with Crippen LogP contribution >= 0.6 is 11.8 Å². The standard InChI is InChI=1S/C13H22N4S/c1-4-13(7-6-8-13)17-11-9-10(14-5-2)15-12(16-11)18-3/h9H,4-8H2,1-3H3,(H2,14,15,16,17). The van der Waals surface area contributed by atoms with Gasteiger partial charge in [0.05, 0.1) is 0 Å². The number of hydrogen-bond acceptors (Lipinski definition) is 5. The fourth-order valence-corrected chi connectivity index (χ4v) is 2.67. The molecule has 0 aliphatic heterocycles. The van der Waals surface area contributed by atoms with Crippen LogP contribution in [0.3, 0.4) is 0 Å². The summed E-state index contributed by atoms with van der Waals surface area (Å²) in [6.45, 7) is 5.20. The molecule has 2 N–H and O–H groups in total. The minimum atomic E-state index is 0.271. The molecule has 1 aliphatic rings. The first-order valence-corrected chi connectivity index (χ1v) is 7.89. The van der Waals surface area contributed by atoms with Gasteiger partial charge in [-0.1, -0.05) is 18.7 Å². The van der Waals surface area contributed by atoms with E-state index in [1.54, 1.807) is 11.8 Å². The zero-order valence-electron chi connectivity index (χ0n) is 11.4. The Bertz CT molecular complexity index is 398. The van der Waals surface area contributed by atoms with Crippen molar-refractivity contribution in [2.75, 3.05) is 23.4 Å². The topological polar surface area (TPSA) is 49.8 Å². The molecule has 0 amide bonds. The second-order valence-electron chi connectivity index (χ2n) is 4.77. The van der Waals surface area contributed by atoms with Gasteiger partial charge in [-0.05, 0) is 38.9 Å². The van der Waals surface area contributed by atoms with Crippen LogP contribution in [0.5, 0.6) is 0 Å². The van der Waals surface area contributed by atoms with Gasteiger partial charge < -0.3 is 10.6 Å². The highest BCUT2D eigenvalue weighted by molar-refractivity contribution is 7.98. The molecule has 1 aromatic rings. The van der Waals surface area contributed by atoms with E-state index in [2.05, 4.69) is 34.4 Å². The van der Waals surface area contributed by atoms with Gasteiger partial charge in [-0.3, -0.25) is 0 Å². The maximum Gasteiger partial charge on any atom is 0.191 e. The van der Waals surface area contributed by atoms with Crippen LogP contribution in [-0.2, 0) is 0 Å². The van der Waals surface area contributed by atoms with Crippen molar-refractivity contribution in [3.63, 3.8) is 0 Å². The van der Waals surface area contributed by atoms with E-state index in [1.807, 2.05) is 12.3 Å². The maximum absolute atomic E-state index is 4.55. The predicted octanol–water partition coefficient (Wildman–Crippen LogP) is 3.37. The van der Waals surface area contributed by atoms with Crippen molar-refractivity contribution in [2.24, 2.45) is 0 Å². The molecule has 1 saturated carbocycles. The van der Waals surface area contributed by atoms with Crippen LogP contribution in [0.15, 0.2) is 11.2 Å². The molecule has 18 heavy (non-hydrogen) atoms. The molecule has 0 spiro atoms. The summed E-state index contributed by atoms with van der Waals surface area (Å²) in [5.41, 5.74) is 0.271. The van der Waals surface area contributed by atoms with Gasteiger partial charge in [0, 0.05) is 18.2 Å². The lowest BCUT2D eigenvalue weighted by molar-refractivity contribution is 0.268. The van der Waals surface area contributed by atoms with E-state index in [4.69, 9.17) is 0 Å². The first-order chi connectivity index (χ1) is 8.71. The highest BCUT2D eigenvalue weighted by Crippen LogP contribution is 2.37. The van der Waals surface area contributed by atoms with Crippen LogP contribution in [0.1, 0.15) is 39.5 Å². The van der Waals surface area contributed by atoms with Gasteiger partial charge in [0.25, 0.3) is 0 Å². The third-order valence-corrected chi connectivity index (χ3v) is 4.17. The van der Waals surface area contributed by atoms with E-state index in [0.717, 1.165) is 29.8 Å². The minimum Gasteiger partial charge on any atom is -0.370 e. The number of aromatic nitrogens is 2. The Morgan fingerprint density at radius 1 is 1.28 bits per heavy atom. The Morgan fingerprint density at radius 2 is 2.00 bits per heavy atom. The third-order valence-electron chi connectivity index (χ3n) is 3.63. The minimum absolute atomic E-state index is 0.271. The molecule has 0 saturated heterocycles. The lowest BCUT2D eigenvalue weighted by Gasteiger charge is -2.42. The monoisotopic (exact) mass is 266 g/mol. The summed E-state index contributed by atoms with van der Waals surface area (Å²) in [5, 5.41) is 7.69. The maximum atomic E-state index is 4.55. The van der Waals surface area contributed by atoms with Crippen molar-refractivity contribution in [3.8, 4) is 0 Å².